The number of nitrogens with zero attached hydrogens (tertiary/aromatic N) is 1. The quantitative estimate of drug-likeness (QED) is 0.801. The fraction of sp³-hybridized carbons (Fsp3) is 0.600. The predicted octanol–water partition coefficient (Wildman–Crippen LogP) is 2.82. The Kier molecular flexibility index (Phi) is 3.43. The average molecular weight is 232 g/mol. The maximum absolute atomic E-state index is 3.65. The van der Waals surface area contributed by atoms with Gasteiger partial charge in [-0.25, -0.2) is 0 Å². The molecule has 0 radical (unpaired) electrons. The van der Waals surface area contributed by atoms with Crippen LogP contribution in [0.25, 0.3) is 0 Å². The first-order valence-corrected chi connectivity index (χ1v) is 6.53. The van der Waals surface area contributed by atoms with E-state index in [1.165, 1.54) is 11.3 Å². The minimum absolute atomic E-state index is 0.188. The van der Waals surface area contributed by atoms with Gasteiger partial charge in [0.05, 0.1) is 0 Å². The highest BCUT2D eigenvalue weighted by Crippen LogP contribution is 2.24. The van der Waals surface area contributed by atoms with E-state index in [9.17, 15) is 0 Å². The first kappa shape index (κ1) is 12.4. The Hall–Kier alpha value is -1.02. The number of nitrogens with one attached hydrogen (secondary N) is 1. The van der Waals surface area contributed by atoms with Gasteiger partial charge in [0, 0.05) is 24.3 Å². The van der Waals surface area contributed by atoms with E-state index >= 15 is 0 Å². The Morgan fingerprint density at radius 3 is 2.71 bits per heavy atom. The van der Waals surface area contributed by atoms with Crippen molar-refractivity contribution in [3.63, 3.8) is 0 Å². The van der Waals surface area contributed by atoms with Gasteiger partial charge in [-0.1, -0.05) is 25.1 Å². The van der Waals surface area contributed by atoms with Gasteiger partial charge in [0.1, 0.15) is 0 Å². The first-order chi connectivity index (χ1) is 7.98. The predicted molar refractivity (Wildman–Crippen MR) is 74.6 cm³/mol. The van der Waals surface area contributed by atoms with Crippen molar-refractivity contribution in [2.75, 3.05) is 24.5 Å². The molecule has 1 aromatic carbocycles. The molecule has 1 aliphatic heterocycles. The zero-order valence-corrected chi connectivity index (χ0v) is 11.5. The van der Waals surface area contributed by atoms with Crippen LogP contribution in [-0.2, 0) is 0 Å². The molecule has 2 rings (SSSR count). The molecule has 1 unspecified atom stereocenters. The topological polar surface area (TPSA) is 15.3 Å². The minimum Gasteiger partial charge on any atom is -0.369 e. The van der Waals surface area contributed by atoms with E-state index in [-0.39, 0.29) is 5.54 Å². The van der Waals surface area contributed by atoms with Gasteiger partial charge in [-0.2, -0.15) is 0 Å². The van der Waals surface area contributed by atoms with E-state index in [4.69, 9.17) is 0 Å². The highest BCUT2D eigenvalue weighted by Gasteiger charge is 2.27. The molecule has 0 aromatic heterocycles. The highest BCUT2D eigenvalue weighted by molar-refractivity contribution is 5.53. The van der Waals surface area contributed by atoms with Gasteiger partial charge in [-0.3, -0.25) is 0 Å². The Labute approximate surface area is 105 Å². The number of aryl methyl sites for hydroxylation is 1. The fourth-order valence-electron chi connectivity index (χ4n) is 2.59. The van der Waals surface area contributed by atoms with Crippen LogP contribution in [0.4, 0.5) is 5.69 Å². The molecule has 2 heteroatoms. The number of rotatable bonds is 1. The second-order valence-electron chi connectivity index (χ2n) is 6.04. The summed E-state index contributed by atoms with van der Waals surface area (Å²) in [5.41, 5.74) is 2.95. The molecule has 0 aliphatic carbocycles. The van der Waals surface area contributed by atoms with Gasteiger partial charge < -0.3 is 10.2 Å². The maximum atomic E-state index is 3.65. The summed E-state index contributed by atoms with van der Waals surface area (Å²) in [7, 11) is 0. The molecular formula is C15H24N2. The average Bonchev–Trinajstić information content (AvgIpc) is 2.38. The third-order valence-corrected chi connectivity index (χ3v) is 3.50. The number of hydrogen-bond acceptors (Lipinski definition) is 2. The van der Waals surface area contributed by atoms with Crippen LogP contribution in [0.5, 0.6) is 0 Å². The zero-order valence-electron chi connectivity index (χ0n) is 11.5. The molecule has 1 saturated heterocycles. The lowest BCUT2D eigenvalue weighted by Gasteiger charge is -2.32. The van der Waals surface area contributed by atoms with Crippen LogP contribution in [-0.4, -0.2) is 25.2 Å². The van der Waals surface area contributed by atoms with E-state index in [0.717, 1.165) is 19.6 Å². The summed E-state index contributed by atoms with van der Waals surface area (Å²) in [5.74, 6) is 0.691. The van der Waals surface area contributed by atoms with Gasteiger partial charge in [0.2, 0.25) is 0 Å². The third-order valence-electron chi connectivity index (χ3n) is 3.50. The maximum Gasteiger partial charge on any atom is 0.0396 e. The molecule has 2 nitrogen and oxygen atoms in total. The summed E-state index contributed by atoms with van der Waals surface area (Å²) in [6, 6.07) is 8.69. The van der Waals surface area contributed by atoms with Crippen molar-refractivity contribution in [2.45, 2.75) is 33.2 Å². The number of anilines is 1. The van der Waals surface area contributed by atoms with Crippen LogP contribution in [0.2, 0.25) is 0 Å². The van der Waals surface area contributed by atoms with Crippen molar-refractivity contribution in [1.29, 1.82) is 0 Å². The molecule has 1 heterocycles. The molecule has 0 bridgehead atoms. The molecule has 1 aliphatic rings. The Morgan fingerprint density at radius 2 is 2.00 bits per heavy atom. The molecular weight excluding hydrogens is 208 g/mol. The highest BCUT2D eigenvalue weighted by atomic mass is 15.2. The molecule has 1 aromatic rings. The van der Waals surface area contributed by atoms with Crippen LogP contribution >= 0.6 is 0 Å². The van der Waals surface area contributed by atoms with Gasteiger partial charge in [0.15, 0.2) is 0 Å². The van der Waals surface area contributed by atoms with Crippen LogP contribution in [0, 0.1) is 12.8 Å². The molecule has 17 heavy (non-hydrogen) atoms. The SMILES string of the molecule is Cc1ccccc1N1CC(C)CNC(C)(C)C1. The Morgan fingerprint density at radius 1 is 1.29 bits per heavy atom. The van der Waals surface area contributed by atoms with Gasteiger partial charge >= 0.3 is 0 Å². The summed E-state index contributed by atoms with van der Waals surface area (Å²) in [6.45, 7) is 12.4. The lowest BCUT2D eigenvalue weighted by molar-refractivity contribution is 0.402. The van der Waals surface area contributed by atoms with Crippen molar-refractivity contribution in [2.24, 2.45) is 5.92 Å². The molecule has 1 N–H and O–H groups in total. The molecule has 0 saturated carbocycles. The summed E-state index contributed by atoms with van der Waals surface area (Å²) in [4.78, 5) is 2.53. The van der Waals surface area contributed by atoms with Crippen molar-refractivity contribution in [1.82, 2.24) is 5.32 Å². The number of benzene rings is 1. The van der Waals surface area contributed by atoms with Gasteiger partial charge in [-0.05, 0) is 44.9 Å². The number of para-hydroxylation sites is 1. The molecule has 0 amide bonds. The van der Waals surface area contributed by atoms with E-state index in [0.29, 0.717) is 5.92 Å². The van der Waals surface area contributed by atoms with Crippen molar-refractivity contribution in [3.8, 4) is 0 Å². The lowest BCUT2D eigenvalue weighted by Crippen LogP contribution is -2.46. The monoisotopic (exact) mass is 232 g/mol. The summed E-state index contributed by atoms with van der Waals surface area (Å²) in [5, 5.41) is 3.65. The fourth-order valence-corrected chi connectivity index (χ4v) is 2.59. The zero-order chi connectivity index (χ0) is 12.5. The molecule has 1 atom stereocenters. The van der Waals surface area contributed by atoms with Crippen LogP contribution in [0.15, 0.2) is 24.3 Å². The van der Waals surface area contributed by atoms with Crippen LogP contribution in [0.1, 0.15) is 26.3 Å². The van der Waals surface area contributed by atoms with Crippen molar-refractivity contribution >= 4 is 5.69 Å². The van der Waals surface area contributed by atoms with Gasteiger partial charge in [-0.15, -0.1) is 0 Å². The first-order valence-electron chi connectivity index (χ1n) is 6.53. The molecule has 1 fully saturated rings. The van der Waals surface area contributed by atoms with E-state index in [2.05, 4.69) is 62.2 Å². The summed E-state index contributed by atoms with van der Waals surface area (Å²) >= 11 is 0. The Bertz CT molecular complexity index is 384. The van der Waals surface area contributed by atoms with E-state index in [1.54, 1.807) is 0 Å². The van der Waals surface area contributed by atoms with Crippen LogP contribution < -0.4 is 10.2 Å². The largest absolute Gasteiger partial charge is 0.369 e. The molecule has 94 valence electrons. The van der Waals surface area contributed by atoms with Crippen molar-refractivity contribution in [3.05, 3.63) is 29.8 Å². The van der Waals surface area contributed by atoms with E-state index < -0.39 is 0 Å². The second-order valence-corrected chi connectivity index (χ2v) is 6.04. The minimum atomic E-state index is 0.188. The smallest absolute Gasteiger partial charge is 0.0396 e. The van der Waals surface area contributed by atoms with Gasteiger partial charge in [0.25, 0.3) is 0 Å². The standard InChI is InChI=1S/C15H24N2/c1-12-9-16-15(3,4)11-17(10-12)14-8-6-5-7-13(14)2/h5-8,12,16H,9-11H2,1-4H3. The lowest BCUT2D eigenvalue weighted by atomic mass is 10.0. The summed E-state index contributed by atoms with van der Waals surface area (Å²) < 4.78 is 0. The second kappa shape index (κ2) is 4.69. The third kappa shape index (κ3) is 3.01. The van der Waals surface area contributed by atoms with E-state index in [1.807, 2.05) is 0 Å². The van der Waals surface area contributed by atoms with Crippen molar-refractivity contribution < 1.29 is 0 Å². The van der Waals surface area contributed by atoms with Crippen LogP contribution in [0.3, 0.4) is 0 Å². The Balaban J connectivity index is 2.27. The molecule has 0 spiro atoms. The summed E-state index contributed by atoms with van der Waals surface area (Å²) in [6.07, 6.45) is 0. The number of hydrogen-bond donors (Lipinski definition) is 1. The normalized spacial score (nSPS) is 24.5.